The highest BCUT2D eigenvalue weighted by molar-refractivity contribution is 7.85. The summed E-state index contributed by atoms with van der Waals surface area (Å²) in [5, 5.41) is 0.757. The van der Waals surface area contributed by atoms with E-state index in [0.29, 0.717) is 0 Å². The van der Waals surface area contributed by atoms with E-state index in [0.717, 1.165) is 10.7 Å². The number of hydrogen-bond acceptors (Lipinski definition) is 3. The van der Waals surface area contributed by atoms with Gasteiger partial charge in [-0.1, -0.05) is 17.7 Å². The van der Waals surface area contributed by atoms with Gasteiger partial charge in [-0.3, -0.25) is 0 Å². The van der Waals surface area contributed by atoms with Gasteiger partial charge in [0.25, 0.3) is 5.15 Å². The van der Waals surface area contributed by atoms with Crippen molar-refractivity contribution in [1.29, 1.82) is 0 Å². The Morgan fingerprint density at radius 3 is 2.05 bits per heavy atom. The fraction of sp³-hybridized carbons (Fsp3) is 0.154. The number of aryl methyl sites for hydroxylation is 2. The zero-order valence-electron chi connectivity index (χ0n) is 10.6. The molecule has 0 atom stereocenters. The number of aromatic nitrogens is 1. The van der Waals surface area contributed by atoms with E-state index in [-0.39, 0.29) is 4.90 Å². The first-order valence-electron chi connectivity index (χ1n) is 5.43. The molecule has 0 saturated carbocycles. The van der Waals surface area contributed by atoms with E-state index in [1.165, 1.54) is 12.1 Å². The number of hydrogen-bond donors (Lipinski definition) is 0. The lowest BCUT2D eigenvalue weighted by Crippen LogP contribution is -2.27. The largest absolute Gasteiger partial charge is 0.744 e. The van der Waals surface area contributed by atoms with Gasteiger partial charge in [0.2, 0.25) is 0 Å². The maximum Gasteiger partial charge on any atom is 0.274 e. The van der Waals surface area contributed by atoms with Gasteiger partial charge in [-0.05, 0) is 36.7 Å². The van der Waals surface area contributed by atoms with Crippen LogP contribution in [0.5, 0.6) is 0 Å². The van der Waals surface area contributed by atoms with Crippen molar-refractivity contribution in [2.75, 3.05) is 0 Å². The third kappa shape index (κ3) is 5.38. The highest BCUT2D eigenvalue weighted by atomic mass is 35.5. The molecular weight excluding hydrogens is 286 g/mol. The summed E-state index contributed by atoms with van der Waals surface area (Å²) in [6.45, 7) is 1.82. The molecule has 4 nitrogen and oxygen atoms in total. The van der Waals surface area contributed by atoms with Crippen LogP contribution in [0.2, 0.25) is 5.15 Å². The maximum absolute atomic E-state index is 10.4. The normalized spacial score (nSPS) is 10.5. The maximum atomic E-state index is 10.4. The number of halogens is 1. The quantitative estimate of drug-likeness (QED) is 0.460. The van der Waals surface area contributed by atoms with E-state index in [1.807, 2.05) is 42.9 Å². The van der Waals surface area contributed by atoms with Gasteiger partial charge in [-0.15, -0.1) is 0 Å². The molecule has 0 N–H and O–H groups in total. The fourth-order valence-electron chi connectivity index (χ4n) is 1.21. The molecule has 0 unspecified atom stereocenters. The molecule has 1 heterocycles. The highest BCUT2D eigenvalue weighted by Gasteiger charge is 1.97. The van der Waals surface area contributed by atoms with Gasteiger partial charge in [0, 0.05) is 12.1 Å². The Morgan fingerprint density at radius 2 is 1.68 bits per heavy atom. The minimum atomic E-state index is -4.27. The van der Waals surface area contributed by atoms with Crippen molar-refractivity contribution in [2.45, 2.75) is 11.8 Å². The van der Waals surface area contributed by atoms with Gasteiger partial charge in [0.05, 0.1) is 4.90 Å². The van der Waals surface area contributed by atoms with Crippen LogP contribution in [0.1, 0.15) is 5.56 Å². The molecule has 1 aromatic heterocycles. The average Bonchev–Trinajstić information content (AvgIpc) is 2.33. The molecule has 0 radical (unpaired) electrons. The fourth-order valence-corrected chi connectivity index (χ4v) is 1.81. The number of nitrogens with zero attached hydrogens (tertiary/aromatic N) is 1. The molecule has 0 aliphatic heterocycles. The number of benzene rings is 1. The second kappa shape index (κ2) is 6.65. The van der Waals surface area contributed by atoms with Gasteiger partial charge in [0.1, 0.15) is 17.2 Å². The molecule has 102 valence electrons. The Bertz CT molecular complexity index is 618. The molecule has 0 spiro atoms. The lowest BCUT2D eigenvalue weighted by Gasteiger charge is -2.05. The molecule has 2 aromatic rings. The summed E-state index contributed by atoms with van der Waals surface area (Å²) in [6.07, 6.45) is 1.91. The second-order valence-corrected chi connectivity index (χ2v) is 5.67. The summed E-state index contributed by atoms with van der Waals surface area (Å²) in [4.78, 5) is -0.178. The molecule has 0 fully saturated rings. The molecule has 19 heavy (non-hydrogen) atoms. The van der Waals surface area contributed by atoms with Gasteiger partial charge in [-0.2, -0.15) is 4.57 Å². The smallest absolute Gasteiger partial charge is 0.274 e. The number of rotatable bonds is 1. The minimum Gasteiger partial charge on any atom is -0.744 e. The molecule has 0 amide bonds. The van der Waals surface area contributed by atoms with Crippen LogP contribution >= 0.6 is 11.6 Å². The van der Waals surface area contributed by atoms with Crippen LogP contribution in [0.25, 0.3) is 0 Å². The third-order valence-corrected chi connectivity index (χ3v) is 3.54. The molecule has 0 saturated heterocycles. The van der Waals surface area contributed by atoms with Crippen LogP contribution in [-0.4, -0.2) is 13.0 Å². The van der Waals surface area contributed by atoms with Crippen LogP contribution in [0.3, 0.4) is 0 Å². The van der Waals surface area contributed by atoms with Crippen LogP contribution in [0.4, 0.5) is 0 Å². The molecule has 6 heteroatoms. The summed E-state index contributed by atoms with van der Waals surface area (Å²) in [7, 11) is -2.36. The zero-order chi connectivity index (χ0) is 14.5. The molecular formula is C13H14ClNO3S. The average molecular weight is 300 g/mol. The molecule has 1 aromatic carbocycles. The van der Waals surface area contributed by atoms with Gasteiger partial charge in [-0.25, -0.2) is 8.42 Å². The first-order valence-corrected chi connectivity index (χ1v) is 7.22. The lowest BCUT2D eigenvalue weighted by atomic mass is 10.2. The van der Waals surface area contributed by atoms with Crippen molar-refractivity contribution >= 4 is 21.7 Å². The van der Waals surface area contributed by atoms with E-state index < -0.39 is 10.1 Å². The van der Waals surface area contributed by atoms with Crippen LogP contribution in [0.15, 0.2) is 53.6 Å². The Labute approximate surface area is 118 Å². The van der Waals surface area contributed by atoms with Crippen LogP contribution in [-0.2, 0) is 17.2 Å². The lowest BCUT2D eigenvalue weighted by molar-refractivity contribution is -0.669. The van der Waals surface area contributed by atoms with Crippen molar-refractivity contribution in [2.24, 2.45) is 7.05 Å². The van der Waals surface area contributed by atoms with E-state index in [1.54, 1.807) is 12.1 Å². The van der Waals surface area contributed by atoms with Gasteiger partial charge >= 0.3 is 0 Å². The van der Waals surface area contributed by atoms with Crippen molar-refractivity contribution in [1.82, 2.24) is 0 Å². The second-order valence-electron chi connectivity index (χ2n) is 3.90. The summed E-state index contributed by atoms with van der Waals surface area (Å²) in [5.74, 6) is 0. The van der Waals surface area contributed by atoms with E-state index in [2.05, 4.69) is 0 Å². The van der Waals surface area contributed by atoms with Gasteiger partial charge < -0.3 is 4.55 Å². The molecule has 0 bridgehead atoms. The number of pyridine rings is 1. The van der Waals surface area contributed by atoms with E-state index in [4.69, 9.17) is 11.6 Å². The van der Waals surface area contributed by atoms with Gasteiger partial charge in [0.15, 0.2) is 6.20 Å². The van der Waals surface area contributed by atoms with Crippen LogP contribution in [0, 0.1) is 6.92 Å². The SMILES string of the molecule is C[n+]1ccccc1Cl.Cc1ccc(S(=O)(=O)[O-])cc1. The summed E-state index contributed by atoms with van der Waals surface area (Å²) in [5.41, 5.74) is 0.928. The highest BCUT2D eigenvalue weighted by Crippen LogP contribution is 2.08. The Morgan fingerprint density at radius 1 is 1.11 bits per heavy atom. The zero-order valence-corrected chi connectivity index (χ0v) is 12.1. The minimum absolute atomic E-state index is 0.178. The predicted molar refractivity (Wildman–Crippen MR) is 71.8 cm³/mol. The first-order chi connectivity index (χ1) is 8.80. The summed E-state index contributed by atoms with van der Waals surface area (Å²) >= 11 is 5.67. The Balaban J connectivity index is 0.000000200. The summed E-state index contributed by atoms with van der Waals surface area (Å²) < 4.78 is 33.0. The molecule has 2 rings (SSSR count). The predicted octanol–water partition coefficient (Wildman–Crippen LogP) is 2.06. The van der Waals surface area contributed by atoms with E-state index >= 15 is 0 Å². The molecule has 0 aliphatic carbocycles. The Kier molecular flexibility index (Phi) is 5.47. The molecule has 0 aliphatic rings. The topological polar surface area (TPSA) is 61.1 Å². The third-order valence-electron chi connectivity index (χ3n) is 2.30. The van der Waals surface area contributed by atoms with Crippen molar-refractivity contribution < 1.29 is 17.5 Å². The standard InChI is InChI=1S/C7H8O3S.C6H7ClN/c1-6-2-4-7(5-3-6)11(8,9)10;1-8-5-3-2-4-6(8)7/h2-5H,1H3,(H,8,9,10);2-5H,1H3/q;+1/p-1. The van der Waals surface area contributed by atoms with Crippen LogP contribution < -0.4 is 4.57 Å². The first kappa shape index (κ1) is 15.6. The van der Waals surface area contributed by atoms with E-state index in [9.17, 15) is 13.0 Å². The summed E-state index contributed by atoms with van der Waals surface area (Å²) in [6, 6.07) is 11.5. The van der Waals surface area contributed by atoms with Crippen molar-refractivity contribution in [3.05, 3.63) is 59.4 Å². The Hall–Kier alpha value is -1.43. The van der Waals surface area contributed by atoms with Crippen molar-refractivity contribution in [3.63, 3.8) is 0 Å². The van der Waals surface area contributed by atoms with Crippen molar-refractivity contribution in [3.8, 4) is 0 Å². The monoisotopic (exact) mass is 299 g/mol.